The van der Waals surface area contributed by atoms with Crippen molar-refractivity contribution >= 4 is 27.7 Å². The molecule has 0 atom stereocenters. The highest BCUT2D eigenvalue weighted by Crippen LogP contribution is 2.18. The topological polar surface area (TPSA) is 62.3 Å². The van der Waals surface area contributed by atoms with Gasteiger partial charge in [0.05, 0.1) is 5.56 Å². The molecule has 6 heteroatoms. The van der Waals surface area contributed by atoms with E-state index >= 15 is 0 Å². The molecular formula is C14H18BrN3O2. The van der Waals surface area contributed by atoms with E-state index in [4.69, 9.17) is 0 Å². The van der Waals surface area contributed by atoms with Crippen molar-refractivity contribution in [3.05, 3.63) is 28.5 Å². The summed E-state index contributed by atoms with van der Waals surface area (Å²) in [7, 11) is 0. The van der Waals surface area contributed by atoms with Gasteiger partial charge in [-0.05, 0) is 46.8 Å². The van der Waals surface area contributed by atoms with Crippen molar-refractivity contribution in [3.8, 4) is 0 Å². The first-order chi connectivity index (χ1) is 9.56. The molecule has 0 saturated carbocycles. The highest BCUT2D eigenvalue weighted by Gasteiger charge is 2.23. The molecule has 1 saturated heterocycles. The zero-order valence-electron chi connectivity index (χ0n) is 11.4. The number of hydrogen-bond donors (Lipinski definition) is 1. The van der Waals surface area contributed by atoms with E-state index in [1.54, 1.807) is 18.3 Å². The Hall–Kier alpha value is -1.43. The Morgan fingerprint density at radius 3 is 2.65 bits per heavy atom. The maximum absolute atomic E-state index is 12.3. The summed E-state index contributed by atoms with van der Waals surface area (Å²) in [6, 6.07) is 3.56. The van der Waals surface area contributed by atoms with Gasteiger partial charge in [-0.1, -0.05) is 0 Å². The molecule has 2 rings (SSSR count). The molecule has 0 spiro atoms. The summed E-state index contributed by atoms with van der Waals surface area (Å²) in [5, 5.41) is 2.84. The van der Waals surface area contributed by atoms with Gasteiger partial charge in [0, 0.05) is 32.8 Å². The van der Waals surface area contributed by atoms with Crippen LogP contribution in [0.3, 0.4) is 0 Å². The van der Waals surface area contributed by atoms with Gasteiger partial charge in [-0.25, -0.2) is 4.98 Å². The predicted molar refractivity (Wildman–Crippen MR) is 79.2 cm³/mol. The lowest BCUT2D eigenvalue weighted by molar-refractivity contribution is -0.119. The zero-order chi connectivity index (χ0) is 14.5. The quantitative estimate of drug-likeness (QED) is 0.854. The fraction of sp³-hybridized carbons (Fsp3) is 0.500. The molecule has 1 aromatic heterocycles. The van der Waals surface area contributed by atoms with Crippen LogP contribution in [0.25, 0.3) is 0 Å². The number of nitrogens with zero attached hydrogens (tertiary/aromatic N) is 2. The molecule has 0 unspecified atom stereocenters. The van der Waals surface area contributed by atoms with Crippen molar-refractivity contribution in [1.82, 2.24) is 15.2 Å². The number of nitrogens with one attached hydrogen (secondary N) is 1. The van der Waals surface area contributed by atoms with E-state index in [-0.39, 0.29) is 11.8 Å². The molecule has 5 nitrogen and oxygen atoms in total. The second-order valence-electron chi connectivity index (χ2n) is 5.04. The second kappa shape index (κ2) is 6.83. The molecule has 108 valence electrons. The van der Waals surface area contributed by atoms with Gasteiger partial charge in [0.25, 0.3) is 5.91 Å². The lowest BCUT2D eigenvalue weighted by Crippen LogP contribution is -2.41. The van der Waals surface area contributed by atoms with Gasteiger partial charge in [-0.15, -0.1) is 0 Å². The van der Waals surface area contributed by atoms with Crippen LogP contribution in [0.2, 0.25) is 0 Å². The van der Waals surface area contributed by atoms with Gasteiger partial charge in [0.2, 0.25) is 5.91 Å². The lowest BCUT2D eigenvalue weighted by Gasteiger charge is -2.32. The van der Waals surface area contributed by atoms with Crippen LogP contribution in [0.5, 0.6) is 0 Å². The summed E-state index contributed by atoms with van der Waals surface area (Å²) in [5.41, 5.74) is 0.619. The summed E-state index contributed by atoms with van der Waals surface area (Å²) in [4.78, 5) is 29.1. The number of aromatic nitrogens is 1. The second-order valence-corrected chi connectivity index (χ2v) is 5.85. The van der Waals surface area contributed by atoms with E-state index in [9.17, 15) is 9.59 Å². The third-order valence-corrected chi connectivity index (χ3v) is 3.98. The Morgan fingerprint density at radius 2 is 2.10 bits per heavy atom. The molecule has 0 aromatic carbocycles. The van der Waals surface area contributed by atoms with Gasteiger partial charge < -0.3 is 10.2 Å². The summed E-state index contributed by atoms with van der Waals surface area (Å²) >= 11 is 3.26. The summed E-state index contributed by atoms with van der Waals surface area (Å²) in [5.74, 6) is 0.499. The first kappa shape index (κ1) is 15.0. The van der Waals surface area contributed by atoms with E-state index in [2.05, 4.69) is 26.2 Å². The number of hydrogen-bond acceptors (Lipinski definition) is 3. The number of pyridine rings is 1. The van der Waals surface area contributed by atoms with Crippen molar-refractivity contribution in [2.45, 2.75) is 19.8 Å². The van der Waals surface area contributed by atoms with Gasteiger partial charge >= 0.3 is 0 Å². The van der Waals surface area contributed by atoms with Crippen molar-refractivity contribution in [2.75, 3.05) is 19.6 Å². The number of rotatable bonds is 3. The molecule has 1 fully saturated rings. The molecule has 0 aliphatic carbocycles. The van der Waals surface area contributed by atoms with Crippen LogP contribution in [0.1, 0.15) is 30.1 Å². The van der Waals surface area contributed by atoms with Crippen molar-refractivity contribution < 1.29 is 9.59 Å². The lowest BCUT2D eigenvalue weighted by atomic mass is 9.96. The fourth-order valence-electron chi connectivity index (χ4n) is 2.31. The minimum absolute atomic E-state index is 0.00411. The van der Waals surface area contributed by atoms with Gasteiger partial charge in [-0.2, -0.15) is 0 Å². The molecule has 2 amide bonds. The van der Waals surface area contributed by atoms with Crippen LogP contribution in [0.15, 0.2) is 22.9 Å². The third kappa shape index (κ3) is 4.03. The smallest absolute Gasteiger partial charge is 0.255 e. The van der Waals surface area contributed by atoms with E-state index in [1.165, 1.54) is 6.92 Å². The molecular weight excluding hydrogens is 322 g/mol. The minimum atomic E-state index is 0.00411. The number of likely N-dealkylation sites (tertiary alicyclic amines) is 1. The standard InChI is InChI=1S/C14H18BrN3O2/c1-10(19)16-8-11-4-6-18(7-5-11)14(20)12-2-3-13(15)17-9-12/h2-3,9,11H,4-8H2,1H3,(H,16,19). The Labute approximate surface area is 126 Å². The van der Waals surface area contributed by atoms with Gasteiger partial charge in [0.1, 0.15) is 4.60 Å². The van der Waals surface area contributed by atoms with E-state index in [1.807, 2.05) is 4.90 Å². The SMILES string of the molecule is CC(=O)NCC1CCN(C(=O)c2ccc(Br)nc2)CC1. The molecule has 0 bridgehead atoms. The highest BCUT2D eigenvalue weighted by molar-refractivity contribution is 9.10. The average molecular weight is 340 g/mol. The van der Waals surface area contributed by atoms with Gasteiger partial charge in [0.15, 0.2) is 0 Å². The highest BCUT2D eigenvalue weighted by atomic mass is 79.9. The summed E-state index contributed by atoms with van der Waals surface area (Å²) < 4.78 is 0.725. The molecule has 1 N–H and O–H groups in total. The number of amides is 2. The van der Waals surface area contributed by atoms with Crippen LogP contribution in [-0.2, 0) is 4.79 Å². The number of halogens is 1. The van der Waals surface area contributed by atoms with E-state index in [0.717, 1.165) is 30.5 Å². The first-order valence-corrected chi connectivity index (χ1v) is 7.51. The number of carbonyl (C=O) groups is 2. The van der Waals surface area contributed by atoms with Crippen LogP contribution in [-0.4, -0.2) is 41.3 Å². The third-order valence-electron chi connectivity index (χ3n) is 3.52. The van der Waals surface area contributed by atoms with Crippen LogP contribution in [0.4, 0.5) is 0 Å². The summed E-state index contributed by atoms with van der Waals surface area (Å²) in [6.45, 7) is 3.70. The molecule has 20 heavy (non-hydrogen) atoms. The van der Waals surface area contributed by atoms with E-state index < -0.39 is 0 Å². The monoisotopic (exact) mass is 339 g/mol. The molecule has 1 aliphatic heterocycles. The van der Waals surface area contributed by atoms with Crippen LogP contribution in [0, 0.1) is 5.92 Å². The Kier molecular flexibility index (Phi) is 5.11. The van der Waals surface area contributed by atoms with Crippen LogP contribution >= 0.6 is 15.9 Å². The Morgan fingerprint density at radius 1 is 1.40 bits per heavy atom. The van der Waals surface area contributed by atoms with Gasteiger partial charge in [-0.3, -0.25) is 9.59 Å². The Bertz CT molecular complexity index is 482. The van der Waals surface area contributed by atoms with E-state index in [0.29, 0.717) is 18.0 Å². The van der Waals surface area contributed by atoms with Crippen molar-refractivity contribution in [3.63, 3.8) is 0 Å². The zero-order valence-corrected chi connectivity index (χ0v) is 13.0. The maximum atomic E-state index is 12.3. The first-order valence-electron chi connectivity index (χ1n) is 6.71. The minimum Gasteiger partial charge on any atom is -0.356 e. The molecule has 0 radical (unpaired) electrons. The fourth-order valence-corrected chi connectivity index (χ4v) is 2.55. The molecule has 1 aromatic rings. The molecule has 2 heterocycles. The molecule has 1 aliphatic rings. The van der Waals surface area contributed by atoms with Crippen molar-refractivity contribution in [2.24, 2.45) is 5.92 Å². The number of piperidine rings is 1. The largest absolute Gasteiger partial charge is 0.356 e. The number of carbonyl (C=O) groups excluding carboxylic acids is 2. The normalized spacial score (nSPS) is 16.0. The maximum Gasteiger partial charge on any atom is 0.255 e. The Balaban J connectivity index is 1.85. The predicted octanol–water partition coefficient (Wildman–Crippen LogP) is 1.83. The average Bonchev–Trinajstić information content (AvgIpc) is 2.46. The summed E-state index contributed by atoms with van der Waals surface area (Å²) in [6.07, 6.45) is 3.45. The van der Waals surface area contributed by atoms with Crippen LogP contribution < -0.4 is 5.32 Å². The van der Waals surface area contributed by atoms with Crippen molar-refractivity contribution in [1.29, 1.82) is 0 Å².